The molecule has 0 saturated heterocycles. The van der Waals surface area contributed by atoms with Gasteiger partial charge in [-0.15, -0.1) is 0 Å². The van der Waals surface area contributed by atoms with E-state index in [0.29, 0.717) is 17.8 Å². The van der Waals surface area contributed by atoms with E-state index in [0.717, 1.165) is 5.56 Å². The quantitative estimate of drug-likeness (QED) is 0.681. The van der Waals surface area contributed by atoms with Crippen molar-refractivity contribution < 1.29 is 14.3 Å². The van der Waals surface area contributed by atoms with Crippen LogP contribution in [0, 0.1) is 0 Å². The number of halogens is 1. The Morgan fingerprint density at radius 3 is 2.84 bits per heavy atom. The summed E-state index contributed by atoms with van der Waals surface area (Å²) >= 11 is 5.86. The number of esters is 1. The lowest BCUT2D eigenvalue weighted by molar-refractivity contribution is 0.0599. The third kappa shape index (κ3) is 3.69. The summed E-state index contributed by atoms with van der Waals surface area (Å²) in [5, 5.41) is 13.3. The van der Waals surface area contributed by atoms with Crippen LogP contribution in [0.3, 0.4) is 0 Å². The molecule has 128 valence electrons. The van der Waals surface area contributed by atoms with Crippen LogP contribution in [0.15, 0.2) is 42.9 Å². The molecule has 0 spiro atoms. The van der Waals surface area contributed by atoms with Crippen molar-refractivity contribution in [3.8, 4) is 0 Å². The van der Waals surface area contributed by atoms with E-state index in [9.17, 15) is 9.59 Å². The second-order valence-electron chi connectivity index (χ2n) is 5.12. The summed E-state index contributed by atoms with van der Waals surface area (Å²) in [7, 11) is 1.33. The topological polar surface area (TPSA) is 102 Å². The van der Waals surface area contributed by atoms with Crippen molar-refractivity contribution in [2.45, 2.75) is 6.54 Å². The number of methoxy groups -OCH3 is 1. The summed E-state index contributed by atoms with van der Waals surface area (Å²) in [6.07, 6.45) is 4.50. The fourth-order valence-electron chi connectivity index (χ4n) is 2.28. The van der Waals surface area contributed by atoms with E-state index in [1.807, 2.05) is 12.1 Å². The van der Waals surface area contributed by atoms with Crippen LogP contribution in [-0.4, -0.2) is 39.0 Å². The molecule has 3 rings (SSSR count). The van der Waals surface area contributed by atoms with E-state index in [1.54, 1.807) is 23.0 Å². The zero-order valence-corrected chi connectivity index (χ0v) is 13.9. The van der Waals surface area contributed by atoms with Gasteiger partial charge in [0.2, 0.25) is 0 Å². The van der Waals surface area contributed by atoms with Crippen LogP contribution in [0.2, 0.25) is 5.02 Å². The number of hydrogen-bond acceptors (Lipinski definition) is 5. The molecule has 0 fully saturated rings. The standard InChI is InChI=1S/C16H14ClN5O3/c1-25-16(24)12-5-3-2-4-10(12)8-22-9-11(6-19-22)20-15(23)14-13(17)7-18-21-14/h2-7,9H,8H2,1H3,(H,18,21)(H,20,23). The molecule has 2 heterocycles. The second kappa shape index (κ2) is 7.18. The van der Waals surface area contributed by atoms with Gasteiger partial charge in [0.05, 0.1) is 42.3 Å². The number of aromatic amines is 1. The van der Waals surface area contributed by atoms with Gasteiger partial charge in [0.15, 0.2) is 0 Å². The second-order valence-corrected chi connectivity index (χ2v) is 5.53. The molecule has 8 nitrogen and oxygen atoms in total. The minimum atomic E-state index is -0.419. The number of H-pyrrole nitrogens is 1. The maximum Gasteiger partial charge on any atom is 0.338 e. The summed E-state index contributed by atoms with van der Waals surface area (Å²) in [5.41, 5.74) is 1.89. The smallest absolute Gasteiger partial charge is 0.338 e. The lowest BCUT2D eigenvalue weighted by Crippen LogP contribution is -2.12. The fourth-order valence-corrected chi connectivity index (χ4v) is 2.46. The fraction of sp³-hybridized carbons (Fsp3) is 0.125. The van der Waals surface area contributed by atoms with E-state index in [1.165, 1.54) is 19.5 Å². The molecule has 0 bridgehead atoms. The van der Waals surface area contributed by atoms with Crippen LogP contribution in [0.1, 0.15) is 26.4 Å². The number of hydrogen-bond donors (Lipinski definition) is 2. The molecule has 0 unspecified atom stereocenters. The number of nitrogens with zero attached hydrogens (tertiary/aromatic N) is 3. The summed E-state index contributed by atoms with van der Waals surface area (Å²) in [6.45, 7) is 0.353. The van der Waals surface area contributed by atoms with Gasteiger partial charge in [-0.2, -0.15) is 10.2 Å². The highest BCUT2D eigenvalue weighted by atomic mass is 35.5. The molecule has 0 aliphatic rings. The van der Waals surface area contributed by atoms with Gasteiger partial charge < -0.3 is 10.1 Å². The Morgan fingerprint density at radius 1 is 1.32 bits per heavy atom. The molecule has 1 aromatic carbocycles. The molecular formula is C16H14ClN5O3. The number of amides is 1. The first-order valence-corrected chi connectivity index (χ1v) is 7.65. The molecule has 2 aromatic heterocycles. The predicted molar refractivity (Wildman–Crippen MR) is 90.7 cm³/mol. The highest BCUT2D eigenvalue weighted by Gasteiger charge is 2.14. The van der Waals surface area contributed by atoms with Gasteiger partial charge in [0, 0.05) is 6.20 Å². The van der Waals surface area contributed by atoms with Gasteiger partial charge >= 0.3 is 5.97 Å². The van der Waals surface area contributed by atoms with Crippen molar-refractivity contribution in [3.05, 3.63) is 64.7 Å². The Kier molecular flexibility index (Phi) is 4.80. The Hall–Kier alpha value is -3.13. The lowest BCUT2D eigenvalue weighted by Gasteiger charge is -2.07. The molecule has 0 atom stereocenters. The van der Waals surface area contributed by atoms with Gasteiger partial charge in [-0.05, 0) is 11.6 Å². The number of rotatable bonds is 5. The molecule has 0 aliphatic heterocycles. The number of nitrogens with one attached hydrogen (secondary N) is 2. The van der Waals surface area contributed by atoms with E-state index in [2.05, 4.69) is 20.6 Å². The summed E-state index contributed by atoms with van der Waals surface area (Å²) in [6, 6.07) is 7.09. The van der Waals surface area contributed by atoms with Crippen LogP contribution in [0.25, 0.3) is 0 Å². The zero-order chi connectivity index (χ0) is 17.8. The van der Waals surface area contributed by atoms with E-state index in [4.69, 9.17) is 16.3 Å². The van der Waals surface area contributed by atoms with Crippen LogP contribution >= 0.6 is 11.6 Å². The van der Waals surface area contributed by atoms with Crippen molar-refractivity contribution in [3.63, 3.8) is 0 Å². The van der Waals surface area contributed by atoms with Crippen LogP contribution in [0.4, 0.5) is 5.69 Å². The molecule has 9 heteroatoms. The average Bonchev–Trinajstić information content (AvgIpc) is 3.23. The molecular weight excluding hydrogens is 346 g/mol. The molecule has 0 saturated carbocycles. The molecule has 3 aromatic rings. The zero-order valence-electron chi connectivity index (χ0n) is 13.2. The lowest BCUT2D eigenvalue weighted by atomic mass is 10.1. The van der Waals surface area contributed by atoms with Crippen LogP contribution < -0.4 is 5.32 Å². The molecule has 1 amide bonds. The first-order valence-electron chi connectivity index (χ1n) is 7.27. The maximum atomic E-state index is 12.1. The van der Waals surface area contributed by atoms with Crippen LogP contribution in [0.5, 0.6) is 0 Å². The van der Waals surface area contributed by atoms with E-state index < -0.39 is 11.9 Å². The number of aromatic nitrogens is 4. The van der Waals surface area contributed by atoms with Gasteiger partial charge in [-0.3, -0.25) is 14.6 Å². The maximum absolute atomic E-state index is 12.1. The number of anilines is 1. The monoisotopic (exact) mass is 359 g/mol. The van der Waals surface area contributed by atoms with Crippen molar-refractivity contribution in [1.82, 2.24) is 20.0 Å². The Bertz CT molecular complexity index is 918. The SMILES string of the molecule is COC(=O)c1ccccc1Cn1cc(NC(=O)c2[nH]ncc2Cl)cn1. The highest BCUT2D eigenvalue weighted by molar-refractivity contribution is 6.34. The third-order valence-electron chi connectivity index (χ3n) is 3.47. The molecule has 25 heavy (non-hydrogen) atoms. The van der Waals surface area contributed by atoms with Crippen molar-refractivity contribution in [2.24, 2.45) is 0 Å². The average molecular weight is 360 g/mol. The molecule has 0 radical (unpaired) electrons. The Labute approximate surface area is 147 Å². The normalized spacial score (nSPS) is 10.5. The number of carbonyl (C=O) groups excluding carboxylic acids is 2. The number of ether oxygens (including phenoxy) is 1. The Morgan fingerprint density at radius 2 is 2.12 bits per heavy atom. The van der Waals surface area contributed by atoms with Gasteiger partial charge in [-0.1, -0.05) is 29.8 Å². The van der Waals surface area contributed by atoms with Crippen molar-refractivity contribution in [1.29, 1.82) is 0 Å². The van der Waals surface area contributed by atoms with Gasteiger partial charge in [0.1, 0.15) is 5.69 Å². The largest absolute Gasteiger partial charge is 0.465 e. The van der Waals surface area contributed by atoms with Crippen molar-refractivity contribution >= 4 is 29.2 Å². The summed E-state index contributed by atoms with van der Waals surface area (Å²) in [5.74, 6) is -0.831. The highest BCUT2D eigenvalue weighted by Crippen LogP contribution is 2.16. The van der Waals surface area contributed by atoms with Crippen molar-refractivity contribution in [2.75, 3.05) is 12.4 Å². The Balaban J connectivity index is 1.74. The minimum Gasteiger partial charge on any atom is -0.465 e. The summed E-state index contributed by atoms with van der Waals surface area (Å²) in [4.78, 5) is 23.9. The predicted octanol–water partition coefficient (Wildman–Crippen LogP) is 2.35. The molecule has 0 aliphatic carbocycles. The van der Waals surface area contributed by atoms with E-state index in [-0.39, 0.29) is 10.7 Å². The molecule has 2 N–H and O–H groups in total. The summed E-state index contributed by atoms with van der Waals surface area (Å²) < 4.78 is 6.38. The number of carbonyl (C=O) groups is 2. The first kappa shape index (κ1) is 16.7. The van der Waals surface area contributed by atoms with Gasteiger partial charge in [-0.25, -0.2) is 4.79 Å². The van der Waals surface area contributed by atoms with Gasteiger partial charge in [0.25, 0.3) is 5.91 Å². The number of benzene rings is 1. The third-order valence-corrected chi connectivity index (χ3v) is 3.75. The van der Waals surface area contributed by atoms with Crippen LogP contribution in [-0.2, 0) is 11.3 Å². The first-order chi connectivity index (χ1) is 12.1. The minimum absolute atomic E-state index is 0.172. The van der Waals surface area contributed by atoms with E-state index >= 15 is 0 Å².